The van der Waals surface area contributed by atoms with Crippen molar-refractivity contribution in [3.8, 4) is 0 Å². The van der Waals surface area contributed by atoms with Crippen molar-refractivity contribution in [3.05, 3.63) is 30.5 Å². The molecular weight excluding hydrogens is 234 g/mol. The number of aromatic nitrogens is 1. The Morgan fingerprint density at radius 1 is 1.35 bits per heavy atom. The molecular formula is C13H13NO2S. The first kappa shape index (κ1) is 10.7. The van der Waals surface area contributed by atoms with Crippen LogP contribution in [0.2, 0.25) is 0 Å². The Morgan fingerprint density at radius 2 is 2.12 bits per heavy atom. The second kappa shape index (κ2) is 3.81. The van der Waals surface area contributed by atoms with Crippen molar-refractivity contribution < 1.29 is 9.90 Å². The minimum atomic E-state index is -0.681. The molecule has 0 atom stereocenters. The van der Waals surface area contributed by atoms with Crippen molar-refractivity contribution in [1.29, 1.82) is 0 Å². The van der Waals surface area contributed by atoms with Crippen LogP contribution in [-0.2, 0) is 4.79 Å². The number of benzene rings is 1. The van der Waals surface area contributed by atoms with E-state index in [-0.39, 0.29) is 0 Å². The fourth-order valence-electron chi connectivity index (χ4n) is 2.20. The van der Waals surface area contributed by atoms with Crippen molar-refractivity contribution in [2.45, 2.75) is 28.9 Å². The van der Waals surface area contributed by atoms with E-state index in [1.807, 2.05) is 30.5 Å². The largest absolute Gasteiger partial charge is 0.480 e. The third-order valence-corrected chi connectivity index (χ3v) is 4.94. The van der Waals surface area contributed by atoms with Crippen LogP contribution < -0.4 is 0 Å². The molecule has 3 rings (SSSR count). The fourth-order valence-corrected chi connectivity index (χ4v) is 3.60. The van der Waals surface area contributed by atoms with Gasteiger partial charge in [0.15, 0.2) is 0 Å². The van der Waals surface area contributed by atoms with Crippen LogP contribution in [0.4, 0.5) is 0 Å². The minimum absolute atomic E-state index is 0.592. The molecule has 1 aliphatic carbocycles. The summed E-state index contributed by atoms with van der Waals surface area (Å²) in [5.74, 6) is -0.681. The van der Waals surface area contributed by atoms with Gasteiger partial charge in [-0.1, -0.05) is 18.2 Å². The SMILES string of the molecule is O=C(O)C1(Sc2c[nH]c3ccccc23)CCC1. The molecule has 88 valence electrons. The zero-order valence-corrected chi connectivity index (χ0v) is 10.1. The van der Waals surface area contributed by atoms with E-state index in [1.165, 1.54) is 11.8 Å². The van der Waals surface area contributed by atoms with Crippen LogP contribution in [0.3, 0.4) is 0 Å². The molecule has 1 fully saturated rings. The number of rotatable bonds is 3. The van der Waals surface area contributed by atoms with E-state index in [1.54, 1.807) is 0 Å². The maximum atomic E-state index is 11.3. The van der Waals surface area contributed by atoms with Crippen molar-refractivity contribution >= 4 is 28.6 Å². The lowest BCUT2D eigenvalue weighted by atomic mass is 9.84. The molecule has 0 radical (unpaired) electrons. The summed E-state index contributed by atoms with van der Waals surface area (Å²) in [5, 5.41) is 10.4. The summed E-state index contributed by atoms with van der Waals surface area (Å²) in [6, 6.07) is 7.99. The van der Waals surface area contributed by atoms with E-state index in [0.717, 1.165) is 35.1 Å². The highest BCUT2D eigenvalue weighted by molar-refractivity contribution is 8.01. The number of hydrogen-bond donors (Lipinski definition) is 2. The Labute approximate surface area is 103 Å². The molecule has 1 aliphatic rings. The molecule has 3 nitrogen and oxygen atoms in total. The summed E-state index contributed by atoms with van der Waals surface area (Å²) < 4.78 is -0.592. The number of nitrogens with one attached hydrogen (secondary N) is 1. The number of fused-ring (bicyclic) bond motifs is 1. The van der Waals surface area contributed by atoms with Crippen LogP contribution in [0.1, 0.15) is 19.3 Å². The van der Waals surface area contributed by atoms with Gasteiger partial charge in [-0.05, 0) is 25.3 Å². The zero-order chi connectivity index (χ0) is 11.9. The maximum Gasteiger partial charge on any atom is 0.320 e. The molecule has 4 heteroatoms. The van der Waals surface area contributed by atoms with Gasteiger partial charge in [-0.2, -0.15) is 0 Å². The molecule has 2 aromatic rings. The summed E-state index contributed by atoms with van der Waals surface area (Å²) in [7, 11) is 0. The van der Waals surface area contributed by atoms with Gasteiger partial charge in [0.2, 0.25) is 0 Å². The maximum absolute atomic E-state index is 11.3. The predicted octanol–water partition coefficient (Wildman–Crippen LogP) is 3.27. The summed E-state index contributed by atoms with van der Waals surface area (Å²) in [6.45, 7) is 0. The van der Waals surface area contributed by atoms with Gasteiger partial charge < -0.3 is 10.1 Å². The molecule has 0 unspecified atom stereocenters. The molecule has 2 N–H and O–H groups in total. The van der Waals surface area contributed by atoms with E-state index in [9.17, 15) is 9.90 Å². The Morgan fingerprint density at radius 3 is 2.76 bits per heavy atom. The highest BCUT2D eigenvalue weighted by Gasteiger charge is 2.45. The monoisotopic (exact) mass is 247 g/mol. The molecule has 1 aromatic carbocycles. The van der Waals surface area contributed by atoms with Gasteiger partial charge in [0.25, 0.3) is 0 Å². The molecule has 0 bridgehead atoms. The normalized spacial score (nSPS) is 17.9. The van der Waals surface area contributed by atoms with Crippen molar-refractivity contribution in [2.75, 3.05) is 0 Å². The number of para-hydroxylation sites is 1. The summed E-state index contributed by atoms with van der Waals surface area (Å²) in [4.78, 5) is 15.6. The first-order chi connectivity index (χ1) is 8.21. The number of thioether (sulfide) groups is 1. The van der Waals surface area contributed by atoms with Crippen molar-refractivity contribution in [1.82, 2.24) is 4.98 Å². The molecule has 1 aromatic heterocycles. The number of carbonyl (C=O) groups is 1. The van der Waals surface area contributed by atoms with Gasteiger partial charge in [0.05, 0.1) is 0 Å². The second-order valence-corrected chi connectivity index (χ2v) is 5.88. The first-order valence-electron chi connectivity index (χ1n) is 5.70. The number of carboxylic acid groups (broad SMARTS) is 1. The molecule has 1 saturated carbocycles. The number of H-pyrrole nitrogens is 1. The predicted molar refractivity (Wildman–Crippen MR) is 68.4 cm³/mol. The van der Waals surface area contributed by atoms with Gasteiger partial charge in [0.1, 0.15) is 4.75 Å². The van der Waals surface area contributed by atoms with E-state index < -0.39 is 10.7 Å². The van der Waals surface area contributed by atoms with Gasteiger partial charge in [-0.15, -0.1) is 11.8 Å². The average molecular weight is 247 g/mol. The van der Waals surface area contributed by atoms with Gasteiger partial charge in [-0.25, -0.2) is 0 Å². The Kier molecular flexibility index (Phi) is 2.40. The molecule has 1 heterocycles. The lowest BCUT2D eigenvalue weighted by Crippen LogP contribution is -2.41. The number of carboxylic acids is 1. The minimum Gasteiger partial charge on any atom is -0.480 e. The molecule has 0 aliphatic heterocycles. The lowest BCUT2D eigenvalue weighted by Gasteiger charge is -2.36. The quantitative estimate of drug-likeness (QED) is 0.875. The third kappa shape index (κ3) is 1.63. The van der Waals surface area contributed by atoms with E-state index in [4.69, 9.17) is 0 Å². The lowest BCUT2D eigenvalue weighted by molar-refractivity contribution is -0.142. The molecule has 0 saturated heterocycles. The summed E-state index contributed by atoms with van der Waals surface area (Å²) >= 11 is 1.49. The zero-order valence-electron chi connectivity index (χ0n) is 9.27. The second-order valence-electron chi connectivity index (χ2n) is 4.45. The van der Waals surface area contributed by atoms with Gasteiger partial charge in [-0.3, -0.25) is 4.79 Å². The first-order valence-corrected chi connectivity index (χ1v) is 6.51. The van der Waals surface area contributed by atoms with Gasteiger partial charge in [0, 0.05) is 22.0 Å². The number of hydrogen-bond acceptors (Lipinski definition) is 2. The van der Waals surface area contributed by atoms with Crippen LogP contribution in [0.25, 0.3) is 10.9 Å². The van der Waals surface area contributed by atoms with Crippen LogP contribution in [-0.4, -0.2) is 20.8 Å². The smallest absolute Gasteiger partial charge is 0.320 e. The van der Waals surface area contributed by atoms with E-state index in [0.29, 0.717) is 0 Å². The average Bonchev–Trinajstić information content (AvgIpc) is 2.66. The Hall–Kier alpha value is -1.42. The van der Waals surface area contributed by atoms with Crippen molar-refractivity contribution in [2.24, 2.45) is 0 Å². The standard InChI is InChI=1S/C13H13NO2S/c15-12(16)13(6-3-7-13)17-11-8-14-10-5-2-1-4-9(10)11/h1-2,4-5,8,14H,3,6-7H2,(H,15,16). The summed E-state index contributed by atoms with van der Waals surface area (Å²) in [5.41, 5.74) is 1.06. The van der Waals surface area contributed by atoms with Crippen LogP contribution >= 0.6 is 11.8 Å². The number of aromatic amines is 1. The molecule has 0 spiro atoms. The summed E-state index contributed by atoms with van der Waals surface area (Å²) in [6.07, 6.45) is 4.47. The topological polar surface area (TPSA) is 53.1 Å². The van der Waals surface area contributed by atoms with Crippen LogP contribution in [0.5, 0.6) is 0 Å². The fraction of sp³-hybridized carbons (Fsp3) is 0.308. The third-order valence-electron chi connectivity index (χ3n) is 3.41. The Bertz CT molecular complexity index is 572. The van der Waals surface area contributed by atoms with Crippen LogP contribution in [0.15, 0.2) is 35.4 Å². The highest BCUT2D eigenvalue weighted by Crippen LogP contribution is 2.49. The Balaban J connectivity index is 1.97. The van der Waals surface area contributed by atoms with Crippen molar-refractivity contribution in [3.63, 3.8) is 0 Å². The number of aliphatic carboxylic acids is 1. The molecule has 17 heavy (non-hydrogen) atoms. The highest BCUT2D eigenvalue weighted by atomic mass is 32.2. The van der Waals surface area contributed by atoms with E-state index >= 15 is 0 Å². The van der Waals surface area contributed by atoms with Gasteiger partial charge >= 0.3 is 5.97 Å². The molecule has 0 amide bonds. The van der Waals surface area contributed by atoms with E-state index in [2.05, 4.69) is 4.98 Å². The van der Waals surface area contributed by atoms with Crippen LogP contribution in [0, 0.1) is 0 Å².